The molecule has 2 rings (SSSR count). The molecule has 0 aliphatic carbocycles. The molecule has 2 heterocycles. The van der Waals surface area contributed by atoms with Crippen molar-refractivity contribution in [3.8, 4) is 0 Å². The van der Waals surface area contributed by atoms with Crippen molar-refractivity contribution in [2.24, 2.45) is 0 Å². The summed E-state index contributed by atoms with van der Waals surface area (Å²) in [5.74, 6) is 1.98. The predicted molar refractivity (Wildman–Crippen MR) is 23.2 cm³/mol. The molecule has 0 spiro atoms. The molecule has 2 heteroatoms. The molecule has 2 nitrogen and oxygen atoms in total. The molecule has 7 heavy (non-hydrogen) atoms. The van der Waals surface area contributed by atoms with Crippen molar-refractivity contribution < 1.29 is 9.47 Å². The summed E-state index contributed by atoms with van der Waals surface area (Å²) in [4.78, 5) is 0. The van der Waals surface area contributed by atoms with Gasteiger partial charge in [0.25, 0.3) is 0 Å². The van der Waals surface area contributed by atoms with Gasteiger partial charge < -0.3 is 9.47 Å². The van der Waals surface area contributed by atoms with Crippen molar-refractivity contribution in [2.75, 3.05) is 6.61 Å². The van der Waals surface area contributed by atoms with Crippen LogP contribution < -0.4 is 0 Å². The van der Waals surface area contributed by atoms with Crippen molar-refractivity contribution in [1.29, 1.82) is 0 Å². The summed E-state index contributed by atoms with van der Waals surface area (Å²) >= 11 is 0. The summed E-state index contributed by atoms with van der Waals surface area (Å²) in [7, 11) is 0. The van der Waals surface area contributed by atoms with E-state index in [4.69, 9.17) is 9.47 Å². The van der Waals surface area contributed by atoms with Gasteiger partial charge in [-0.1, -0.05) is 0 Å². The Bertz CT molecular complexity index is 155. The van der Waals surface area contributed by atoms with E-state index in [0.717, 1.165) is 11.5 Å². The van der Waals surface area contributed by atoms with Crippen molar-refractivity contribution >= 4 is 0 Å². The molecule has 0 aromatic rings. The van der Waals surface area contributed by atoms with Crippen molar-refractivity contribution in [2.45, 2.75) is 0 Å². The van der Waals surface area contributed by atoms with Gasteiger partial charge in [0.15, 0.2) is 11.5 Å². The molecule has 0 unspecified atom stereocenters. The van der Waals surface area contributed by atoms with Crippen molar-refractivity contribution in [3.63, 3.8) is 0 Å². The molecular formula is C5H4O2. The highest BCUT2D eigenvalue weighted by atomic mass is 16.6. The summed E-state index contributed by atoms with van der Waals surface area (Å²) in [6, 6.07) is 0. The zero-order chi connectivity index (χ0) is 4.69. The Hall–Kier alpha value is -0.920. The van der Waals surface area contributed by atoms with Gasteiger partial charge in [-0.3, -0.25) is 0 Å². The van der Waals surface area contributed by atoms with Crippen molar-refractivity contribution in [1.82, 2.24) is 0 Å². The first-order valence-corrected chi connectivity index (χ1v) is 2.16. The van der Waals surface area contributed by atoms with Crippen LogP contribution in [0.1, 0.15) is 0 Å². The first-order chi connectivity index (χ1) is 3.47. The lowest BCUT2D eigenvalue weighted by Crippen LogP contribution is -1.83. The lowest BCUT2D eigenvalue weighted by molar-refractivity contribution is 0.261. The second-order valence-corrected chi connectivity index (χ2v) is 1.50. The van der Waals surface area contributed by atoms with Crippen LogP contribution in [0.25, 0.3) is 0 Å². The summed E-state index contributed by atoms with van der Waals surface area (Å²) in [5, 5.41) is 0. The van der Waals surface area contributed by atoms with Gasteiger partial charge in [-0.05, 0) is 0 Å². The van der Waals surface area contributed by atoms with E-state index in [1.54, 1.807) is 6.26 Å². The molecule has 0 atom stereocenters. The fourth-order valence-corrected chi connectivity index (χ4v) is 0.568. The molecule has 0 amide bonds. The summed E-state index contributed by atoms with van der Waals surface area (Å²) < 4.78 is 9.76. The zero-order valence-corrected chi connectivity index (χ0v) is 3.68. The first kappa shape index (κ1) is 3.13. The van der Waals surface area contributed by atoms with E-state index >= 15 is 0 Å². The molecule has 36 valence electrons. The highest BCUT2D eigenvalue weighted by Crippen LogP contribution is 2.29. The monoisotopic (exact) mass is 96.0 g/mol. The molecule has 2 aliphatic heterocycles. The fourth-order valence-electron chi connectivity index (χ4n) is 0.568. The lowest BCUT2D eigenvalue weighted by Gasteiger charge is -1.89. The minimum absolute atomic E-state index is 0.631. The number of hydrogen-bond acceptors (Lipinski definition) is 2. The van der Waals surface area contributed by atoms with Gasteiger partial charge in [0.2, 0.25) is 0 Å². The molecular weight excluding hydrogens is 92.1 g/mol. The van der Waals surface area contributed by atoms with E-state index in [1.165, 1.54) is 0 Å². The SMILES string of the molecule is C1=CC2=C(CO1)O2. The summed E-state index contributed by atoms with van der Waals surface area (Å²) in [5.41, 5.74) is 0. The molecule has 0 aromatic carbocycles. The smallest absolute Gasteiger partial charge is 0.184 e. The van der Waals surface area contributed by atoms with E-state index in [9.17, 15) is 0 Å². The molecule has 0 aromatic heterocycles. The van der Waals surface area contributed by atoms with Crippen LogP contribution in [0.5, 0.6) is 0 Å². The standard InChI is InChI=1S/C5H4O2/c1-2-6-3-5-4(1)7-5/h1-2H,3H2. The molecule has 0 radical (unpaired) electrons. The van der Waals surface area contributed by atoms with Gasteiger partial charge in [-0.2, -0.15) is 0 Å². The van der Waals surface area contributed by atoms with Crippen molar-refractivity contribution in [3.05, 3.63) is 23.9 Å². The molecule has 0 bridgehead atoms. The Morgan fingerprint density at radius 1 is 1.57 bits per heavy atom. The minimum atomic E-state index is 0.631. The number of allylic oxidation sites excluding steroid dienone is 1. The maximum absolute atomic E-state index is 4.90. The second-order valence-electron chi connectivity index (χ2n) is 1.50. The van der Waals surface area contributed by atoms with Crippen LogP contribution in [0, 0.1) is 0 Å². The topological polar surface area (TPSA) is 21.8 Å². The Labute approximate surface area is 41.0 Å². The van der Waals surface area contributed by atoms with E-state index in [1.807, 2.05) is 6.08 Å². The average molecular weight is 96.1 g/mol. The van der Waals surface area contributed by atoms with Gasteiger partial charge >= 0.3 is 0 Å². The van der Waals surface area contributed by atoms with Gasteiger partial charge in [-0.15, -0.1) is 0 Å². The van der Waals surface area contributed by atoms with Crippen LogP contribution in [0.4, 0.5) is 0 Å². The van der Waals surface area contributed by atoms with E-state index in [2.05, 4.69) is 0 Å². The van der Waals surface area contributed by atoms with Crippen LogP contribution in [-0.4, -0.2) is 6.61 Å². The maximum atomic E-state index is 4.90. The highest BCUT2D eigenvalue weighted by molar-refractivity contribution is 5.30. The van der Waals surface area contributed by atoms with E-state index < -0.39 is 0 Å². The fraction of sp³-hybridized carbons (Fsp3) is 0.200. The molecule has 0 saturated heterocycles. The van der Waals surface area contributed by atoms with E-state index in [0.29, 0.717) is 6.61 Å². The van der Waals surface area contributed by atoms with E-state index in [-0.39, 0.29) is 0 Å². The Balaban J connectivity index is 2.31. The van der Waals surface area contributed by atoms with Crippen LogP contribution in [0.15, 0.2) is 23.9 Å². The predicted octanol–water partition coefficient (Wildman–Crippen LogP) is 0.772. The summed E-state index contributed by atoms with van der Waals surface area (Å²) in [6.45, 7) is 0.631. The number of rotatable bonds is 0. The van der Waals surface area contributed by atoms with Crippen LogP contribution in [-0.2, 0) is 9.47 Å². The molecule has 0 saturated carbocycles. The molecule has 0 N–H and O–H groups in total. The Morgan fingerprint density at radius 3 is 3.14 bits per heavy atom. The third kappa shape index (κ3) is 0.330. The number of hydrogen-bond donors (Lipinski definition) is 0. The van der Waals surface area contributed by atoms with Gasteiger partial charge in [0, 0.05) is 6.08 Å². The van der Waals surface area contributed by atoms with Gasteiger partial charge in [-0.25, -0.2) is 0 Å². The largest absolute Gasteiger partial charge is 0.493 e. The zero-order valence-electron chi connectivity index (χ0n) is 3.68. The maximum Gasteiger partial charge on any atom is 0.184 e. The third-order valence-corrected chi connectivity index (χ3v) is 0.996. The summed E-state index contributed by atoms with van der Waals surface area (Å²) in [6.07, 6.45) is 3.46. The third-order valence-electron chi connectivity index (χ3n) is 0.996. The first-order valence-electron chi connectivity index (χ1n) is 2.16. The number of ether oxygens (including phenoxy) is 2. The Kier molecular flexibility index (Phi) is 0.372. The van der Waals surface area contributed by atoms with Gasteiger partial charge in [0.1, 0.15) is 6.61 Å². The Morgan fingerprint density at radius 2 is 2.57 bits per heavy atom. The van der Waals surface area contributed by atoms with Crippen LogP contribution in [0.2, 0.25) is 0 Å². The normalized spacial score (nSPS) is 22.9. The second kappa shape index (κ2) is 0.832. The van der Waals surface area contributed by atoms with Gasteiger partial charge in [0.05, 0.1) is 6.26 Å². The lowest BCUT2D eigenvalue weighted by atomic mass is 10.5. The quantitative estimate of drug-likeness (QED) is 0.444. The van der Waals surface area contributed by atoms with Crippen LogP contribution in [0.3, 0.4) is 0 Å². The molecule has 0 fully saturated rings. The average Bonchev–Trinajstić information content (AvgIpc) is 2.41. The molecule has 2 aliphatic rings. The van der Waals surface area contributed by atoms with Crippen LogP contribution >= 0.6 is 0 Å². The minimum Gasteiger partial charge on any atom is -0.493 e. The highest BCUT2D eigenvalue weighted by Gasteiger charge is 2.24.